The second-order valence-corrected chi connectivity index (χ2v) is 5.61. The lowest BCUT2D eigenvalue weighted by Crippen LogP contribution is -2.50. The highest BCUT2D eigenvalue weighted by Gasteiger charge is 2.22. The lowest BCUT2D eigenvalue weighted by Gasteiger charge is -2.35. The summed E-state index contributed by atoms with van der Waals surface area (Å²) >= 11 is 5.84. The van der Waals surface area contributed by atoms with Crippen LogP contribution in [0.25, 0.3) is 0 Å². The van der Waals surface area contributed by atoms with Crippen molar-refractivity contribution in [3.05, 3.63) is 47.4 Å². The van der Waals surface area contributed by atoms with Gasteiger partial charge in [-0.15, -0.1) is 0 Å². The number of nitrogens with one attached hydrogen (secondary N) is 1. The van der Waals surface area contributed by atoms with Crippen LogP contribution in [0.3, 0.4) is 0 Å². The van der Waals surface area contributed by atoms with Gasteiger partial charge in [0.15, 0.2) is 0 Å². The van der Waals surface area contributed by atoms with E-state index in [0.29, 0.717) is 37.1 Å². The van der Waals surface area contributed by atoms with Crippen LogP contribution in [0, 0.1) is 11.6 Å². The molecule has 1 aliphatic rings. The minimum atomic E-state index is -0.808. The van der Waals surface area contributed by atoms with Crippen LogP contribution in [0.4, 0.5) is 25.1 Å². The third kappa shape index (κ3) is 3.70. The van der Waals surface area contributed by atoms with Crippen LogP contribution in [0.1, 0.15) is 0 Å². The Morgan fingerprint density at radius 1 is 1.12 bits per heavy atom. The molecule has 0 aliphatic carbocycles. The average molecular weight is 354 g/mol. The summed E-state index contributed by atoms with van der Waals surface area (Å²) in [5.74, 6) is -0.806. The van der Waals surface area contributed by atoms with E-state index in [9.17, 15) is 13.6 Å². The Morgan fingerprint density at radius 3 is 2.54 bits per heavy atom. The molecule has 0 radical (unpaired) electrons. The predicted octanol–water partition coefficient (Wildman–Crippen LogP) is 2.76. The fourth-order valence-electron chi connectivity index (χ4n) is 2.42. The van der Waals surface area contributed by atoms with Gasteiger partial charge in [0.1, 0.15) is 28.9 Å². The van der Waals surface area contributed by atoms with E-state index in [0.717, 1.165) is 12.1 Å². The highest BCUT2D eigenvalue weighted by molar-refractivity contribution is 6.29. The molecule has 0 spiro atoms. The van der Waals surface area contributed by atoms with Crippen LogP contribution < -0.4 is 10.2 Å². The van der Waals surface area contributed by atoms with Gasteiger partial charge in [0.05, 0.1) is 5.69 Å². The number of hydrogen-bond donors (Lipinski definition) is 1. The van der Waals surface area contributed by atoms with Gasteiger partial charge in [0.2, 0.25) is 0 Å². The zero-order chi connectivity index (χ0) is 17.1. The first-order chi connectivity index (χ1) is 11.5. The van der Waals surface area contributed by atoms with E-state index < -0.39 is 17.7 Å². The molecule has 2 amide bonds. The third-order valence-corrected chi connectivity index (χ3v) is 3.89. The number of halogens is 3. The Labute approximate surface area is 142 Å². The van der Waals surface area contributed by atoms with Gasteiger partial charge >= 0.3 is 6.03 Å². The number of anilines is 2. The summed E-state index contributed by atoms with van der Waals surface area (Å²) in [4.78, 5) is 23.7. The van der Waals surface area contributed by atoms with Gasteiger partial charge in [-0.05, 0) is 12.1 Å². The molecule has 0 bridgehead atoms. The minimum Gasteiger partial charge on any atom is -0.353 e. The summed E-state index contributed by atoms with van der Waals surface area (Å²) in [5, 5.41) is 2.80. The van der Waals surface area contributed by atoms with E-state index in [1.54, 1.807) is 11.0 Å². The average Bonchev–Trinajstić information content (AvgIpc) is 2.57. The number of rotatable bonds is 2. The molecule has 6 nitrogen and oxygen atoms in total. The van der Waals surface area contributed by atoms with Crippen LogP contribution in [0.2, 0.25) is 5.15 Å². The molecule has 1 aromatic heterocycles. The maximum absolute atomic E-state index is 13.6. The molecule has 24 heavy (non-hydrogen) atoms. The number of piperazine rings is 1. The van der Waals surface area contributed by atoms with Crippen molar-refractivity contribution in [1.29, 1.82) is 0 Å². The number of benzene rings is 1. The molecule has 126 valence electrons. The van der Waals surface area contributed by atoms with Gasteiger partial charge in [0.25, 0.3) is 0 Å². The lowest BCUT2D eigenvalue weighted by atomic mass is 10.3. The summed E-state index contributed by atoms with van der Waals surface area (Å²) in [6.45, 7) is 2.01. The molecule has 3 rings (SSSR count). The van der Waals surface area contributed by atoms with Gasteiger partial charge < -0.3 is 15.1 Å². The molecule has 2 aromatic rings. The van der Waals surface area contributed by atoms with Crippen LogP contribution in [-0.2, 0) is 0 Å². The first kappa shape index (κ1) is 16.4. The SMILES string of the molecule is O=C(Nc1ccc(F)cc1F)N1CCN(c2cc(Cl)ncn2)CC1. The number of amides is 2. The van der Waals surface area contributed by atoms with E-state index in [-0.39, 0.29) is 5.69 Å². The van der Waals surface area contributed by atoms with E-state index >= 15 is 0 Å². The molecule has 1 aromatic carbocycles. The van der Waals surface area contributed by atoms with Crippen molar-refractivity contribution in [3.63, 3.8) is 0 Å². The molecule has 1 fully saturated rings. The Kier molecular flexibility index (Phi) is 4.75. The van der Waals surface area contributed by atoms with E-state index in [4.69, 9.17) is 11.6 Å². The summed E-state index contributed by atoms with van der Waals surface area (Å²) in [7, 11) is 0. The van der Waals surface area contributed by atoms with Crippen molar-refractivity contribution in [2.24, 2.45) is 0 Å². The van der Waals surface area contributed by atoms with Gasteiger partial charge in [-0.2, -0.15) is 0 Å². The van der Waals surface area contributed by atoms with E-state index in [1.807, 2.05) is 4.90 Å². The van der Waals surface area contributed by atoms with E-state index in [1.165, 1.54) is 12.4 Å². The number of carbonyl (C=O) groups excluding carboxylic acids is 1. The highest BCUT2D eigenvalue weighted by atomic mass is 35.5. The van der Waals surface area contributed by atoms with Gasteiger partial charge in [-0.1, -0.05) is 11.6 Å². The quantitative estimate of drug-likeness (QED) is 0.843. The zero-order valence-electron chi connectivity index (χ0n) is 12.5. The Morgan fingerprint density at radius 2 is 1.88 bits per heavy atom. The fourth-order valence-corrected chi connectivity index (χ4v) is 2.56. The van der Waals surface area contributed by atoms with Crippen molar-refractivity contribution >= 4 is 29.1 Å². The van der Waals surface area contributed by atoms with Crippen molar-refractivity contribution in [2.75, 3.05) is 36.4 Å². The molecule has 1 aliphatic heterocycles. The lowest BCUT2D eigenvalue weighted by molar-refractivity contribution is 0.208. The van der Waals surface area contributed by atoms with Gasteiger partial charge in [-0.3, -0.25) is 0 Å². The number of nitrogens with zero attached hydrogens (tertiary/aromatic N) is 4. The summed E-state index contributed by atoms with van der Waals surface area (Å²) < 4.78 is 26.5. The third-order valence-electron chi connectivity index (χ3n) is 3.68. The fraction of sp³-hybridized carbons (Fsp3) is 0.267. The topological polar surface area (TPSA) is 61.4 Å². The minimum absolute atomic E-state index is 0.0496. The van der Waals surface area contributed by atoms with Crippen LogP contribution in [0.5, 0.6) is 0 Å². The molecule has 9 heteroatoms. The molecular formula is C15H14ClF2N5O. The maximum Gasteiger partial charge on any atom is 0.322 e. The maximum atomic E-state index is 13.6. The Bertz CT molecular complexity index is 752. The Balaban J connectivity index is 1.59. The molecule has 1 N–H and O–H groups in total. The molecule has 0 saturated carbocycles. The molecule has 0 unspecified atom stereocenters. The number of aromatic nitrogens is 2. The largest absolute Gasteiger partial charge is 0.353 e. The molecule has 0 atom stereocenters. The van der Waals surface area contributed by atoms with Crippen LogP contribution in [0.15, 0.2) is 30.6 Å². The highest BCUT2D eigenvalue weighted by Crippen LogP contribution is 2.18. The zero-order valence-corrected chi connectivity index (χ0v) is 13.3. The first-order valence-corrected chi connectivity index (χ1v) is 7.64. The van der Waals surface area contributed by atoms with Crippen molar-refractivity contribution in [1.82, 2.24) is 14.9 Å². The van der Waals surface area contributed by atoms with Crippen molar-refractivity contribution in [3.8, 4) is 0 Å². The first-order valence-electron chi connectivity index (χ1n) is 7.26. The summed E-state index contributed by atoms with van der Waals surface area (Å²) in [6.07, 6.45) is 1.38. The van der Waals surface area contributed by atoms with Gasteiger partial charge in [0, 0.05) is 38.3 Å². The second kappa shape index (κ2) is 6.96. The second-order valence-electron chi connectivity index (χ2n) is 5.23. The number of hydrogen-bond acceptors (Lipinski definition) is 4. The van der Waals surface area contributed by atoms with Crippen molar-refractivity contribution < 1.29 is 13.6 Å². The molecule has 1 saturated heterocycles. The number of urea groups is 1. The van der Waals surface area contributed by atoms with Crippen LogP contribution in [-0.4, -0.2) is 47.1 Å². The predicted molar refractivity (Wildman–Crippen MR) is 86.2 cm³/mol. The Hall–Kier alpha value is -2.48. The number of carbonyl (C=O) groups is 1. The normalized spacial score (nSPS) is 14.6. The smallest absolute Gasteiger partial charge is 0.322 e. The molecule has 2 heterocycles. The molecular weight excluding hydrogens is 340 g/mol. The van der Waals surface area contributed by atoms with Crippen LogP contribution >= 0.6 is 11.6 Å². The summed E-state index contributed by atoms with van der Waals surface area (Å²) in [5.41, 5.74) is -0.0496. The summed E-state index contributed by atoms with van der Waals surface area (Å²) in [6, 6.07) is 4.25. The van der Waals surface area contributed by atoms with Gasteiger partial charge in [-0.25, -0.2) is 23.5 Å². The monoisotopic (exact) mass is 353 g/mol. The van der Waals surface area contributed by atoms with Crippen molar-refractivity contribution in [2.45, 2.75) is 0 Å². The standard InChI is InChI=1S/C15H14ClF2N5O/c16-13-8-14(20-9-19-13)22-3-5-23(6-4-22)15(24)21-12-2-1-10(17)7-11(12)18/h1-2,7-9H,3-6H2,(H,21,24). The van der Waals surface area contributed by atoms with E-state index in [2.05, 4.69) is 15.3 Å².